The lowest BCUT2D eigenvalue weighted by molar-refractivity contribution is -0.382. The zero-order valence-corrected chi connectivity index (χ0v) is 15.1. The second kappa shape index (κ2) is 7.14. The summed E-state index contributed by atoms with van der Waals surface area (Å²) in [5.74, 6) is 0.847. The molecule has 1 aliphatic heterocycles. The fraction of sp³-hybridized carbons (Fsp3) is 0.316. The fourth-order valence-corrected chi connectivity index (χ4v) is 3.52. The first-order chi connectivity index (χ1) is 13.1. The van der Waals surface area contributed by atoms with Crippen LogP contribution in [0.5, 0.6) is 0 Å². The van der Waals surface area contributed by atoms with Crippen LogP contribution in [0.1, 0.15) is 12.1 Å². The van der Waals surface area contributed by atoms with Gasteiger partial charge in [-0.15, -0.1) is 5.10 Å². The number of hydrogen-bond donors (Lipinski definition) is 0. The average molecular weight is 364 g/mol. The molecule has 2 aromatic heterocycles. The minimum Gasteiger partial charge on any atom is -0.364 e. The van der Waals surface area contributed by atoms with Crippen molar-refractivity contribution >= 4 is 28.1 Å². The van der Waals surface area contributed by atoms with Gasteiger partial charge in [0.05, 0.1) is 21.5 Å². The Kier molecular flexibility index (Phi) is 4.53. The maximum absolute atomic E-state index is 11.8. The van der Waals surface area contributed by atoms with Gasteiger partial charge in [-0.05, 0) is 49.7 Å². The van der Waals surface area contributed by atoms with Crippen molar-refractivity contribution in [3.8, 4) is 0 Å². The van der Waals surface area contributed by atoms with Crippen molar-refractivity contribution in [2.45, 2.75) is 13.3 Å². The molecule has 0 spiro atoms. The number of hydrogen-bond acceptors (Lipinski definition) is 7. The van der Waals surface area contributed by atoms with E-state index in [0.29, 0.717) is 23.1 Å². The minimum absolute atomic E-state index is 0.129. The molecule has 8 nitrogen and oxygen atoms in total. The molecule has 27 heavy (non-hydrogen) atoms. The number of nitrogens with zero attached hydrogens (tertiary/aromatic N) is 6. The summed E-state index contributed by atoms with van der Waals surface area (Å²) >= 11 is 0. The monoisotopic (exact) mass is 364 g/mol. The molecule has 138 valence electrons. The van der Waals surface area contributed by atoms with Crippen molar-refractivity contribution in [3.05, 3.63) is 58.4 Å². The van der Waals surface area contributed by atoms with E-state index in [2.05, 4.69) is 25.0 Å². The van der Waals surface area contributed by atoms with Crippen LogP contribution in [0, 0.1) is 17.0 Å². The molecule has 0 amide bonds. The number of benzene rings is 1. The normalized spacial score (nSPS) is 15.0. The molecule has 1 saturated heterocycles. The van der Waals surface area contributed by atoms with Gasteiger partial charge in [-0.2, -0.15) is 5.10 Å². The molecule has 0 aliphatic carbocycles. The van der Waals surface area contributed by atoms with Crippen molar-refractivity contribution in [3.63, 3.8) is 0 Å². The number of aromatic nitrogens is 3. The summed E-state index contributed by atoms with van der Waals surface area (Å²) in [5, 5.41) is 20.8. The van der Waals surface area contributed by atoms with Crippen molar-refractivity contribution < 1.29 is 4.92 Å². The van der Waals surface area contributed by atoms with E-state index in [1.165, 1.54) is 0 Å². The molecular formula is C19H20N6O2. The molecule has 1 fully saturated rings. The Morgan fingerprint density at radius 3 is 2.59 bits per heavy atom. The number of aryl methyl sites for hydroxylation is 1. The standard InChI is InChI=1S/C19H20N6O2/c1-14-5-8-18(22-21-14)24-11-3-10-23(12-13-24)17-7-6-16-15(4-2-9-20-16)19(17)25(26)27/h2,4-9H,3,10-13H2,1H3. The van der Waals surface area contributed by atoms with Crippen LogP contribution in [0.15, 0.2) is 42.6 Å². The summed E-state index contributed by atoms with van der Waals surface area (Å²) in [4.78, 5) is 20.0. The van der Waals surface area contributed by atoms with Gasteiger partial charge in [-0.25, -0.2) is 0 Å². The van der Waals surface area contributed by atoms with E-state index in [1.54, 1.807) is 18.3 Å². The van der Waals surface area contributed by atoms with Crippen molar-refractivity contribution in [1.82, 2.24) is 15.2 Å². The fourth-order valence-electron chi connectivity index (χ4n) is 3.52. The second-order valence-electron chi connectivity index (χ2n) is 6.62. The van der Waals surface area contributed by atoms with E-state index in [1.807, 2.05) is 31.2 Å². The smallest absolute Gasteiger partial charge is 0.301 e. The van der Waals surface area contributed by atoms with Crippen LogP contribution in [0.25, 0.3) is 10.9 Å². The molecule has 0 N–H and O–H groups in total. The maximum atomic E-state index is 11.8. The number of pyridine rings is 1. The minimum atomic E-state index is -0.298. The molecule has 0 unspecified atom stereocenters. The lowest BCUT2D eigenvalue weighted by atomic mass is 10.1. The topological polar surface area (TPSA) is 88.3 Å². The zero-order valence-electron chi connectivity index (χ0n) is 15.1. The SMILES string of the molecule is Cc1ccc(N2CCCN(c3ccc4ncccc4c3[N+](=O)[O-])CC2)nn1. The van der Waals surface area contributed by atoms with Gasteiger partial charge in [0.15, 0.2) is 5.82 Å². The third-order valence-corrected chi connectivity index (χ3v) is 4.86. The molecule has 0 saturated carbocycles. The van der Waals surface area contributed by atoms with E-state index in [4.69, 9.17) is 0 Å². The van der Waals surface area contributed by atoms with Gasteiger partial charge in [0.25, 0.3) is 0 Å². The molecular weight excluding hydrogens is 344 g/mol. The Labute approximate surface area is 156 Å². The van der Waals surface area contributed by atoms with Crippen molar-refractivity contribution in [2.24, 2.45) is 0 Å². The van der Waals surface area contributed by atoms with Gasteiger partial charge in [0.2, 0.25) is 0 Å². The summed E-state index contributed by atoms with van der Waals surface area (Å²) in [6, 6.07) is 11.1. The number of rotatable bonds is 3. The van der Waals surface area contributed by atoms with Gasteiger partial charge < -0.3 is 9.80 Å². The van der Waals surface area contributed by atoms with Crippen LogP contribution in [0.2, 0.25) is 0 Å². The van der Waals surface area contributed by atoms with E-state index >= 15 is 0 Å². The number of fused-ring (bicyclic) bond motifs is 1. The van der Waals surface area contributed by atoms with Crippen LogP contribution in [-0.4, -0.2) is 46.3 Å². The molecule has 3 aromatic rings. The third-order valence-electron chi connectivity index (χ3n) is 4.86. The van der Waals surface area contributed by atoms with Crippen LogP contribution in [-0.2, 0) is 0 Å². The summed E-state index contributed by atoms with van der Waals surface area (Å²) in [5.41, 5.74) is 2.30. The van der Waals surface area contributed by atoms with E-state index in [0.717, 1.165) is 37.6 Å². The second-order valence-corrected chi connectivity index (χ2v) is 6.62. The lowest BCUT2D eigenvalue weighted by Gasteiger charge is -2.24. The van der Waals surface area contributed by atoms with Gasteiger partial charge in [-0.3, -0.25) is 15.1 Å². The number of nitro benzene ring substituents is 1. The van der Waals surface area contributed by atoms with Crippen molar-refractivity contribution in [1.29, 1.82) is 0 Å². The number of anilines is 2. The predicted octanol–water partition coefficient (Wildman–Crippen LogP) is 2.96. The van der Waals surface area contributed by atoms with Gasteiger partial charge in [-0.1, -0.05) is 0 Å². The van der Waals surface area contributed by atoms with Crippen molar-refractivity contribution in [2.75, 3.05) is 36.0 Å². The summed E-state index contributed by atoms with van der Waals surface area (Å²) in [6.07, 6.45) is 2.54. The van der Waals surface area contributed by atoms with Gasteiger partial charge >= 0.3 is 5.69 Å². The summed E-state index contributed by atoms with van der Waals surface area (Å²) < 4.78 is 0. The molecule has 0 atom stereocenters. The van der Waals surface area contributed by atoms with Crippen LogP contribution >= 0.6 is 0 Å². The van der Waals surface area contributed by atoms with E-state index in [-0.39, 0.29) is 10.6 Å². The van der Waals surface area contributed by atoms with Gasteiger partial charge in [0.1, 0.15) is 5.69 Å². The summed E-state index contributed by atoms with van der Waals surface area (Å²) in [6.45, 7) is 4.93. The Balaban J connectivity index is 1.63. The highest BCUT2D eigenvalue weighted by Gasteiger charge is 2.25. The van der Waals surface area contributed by atoms with Crippen LogP contribution in [0.4, 0.5) is 17.2 Å². The largest absolute Gasteiger partial charge is 0.364 e. The zero-order chi connectivity index (χ0) is 18.8. The highest BCUT2D eigenvalue weighted by Crippen LogP contribution is 2.35. The van der Waals surface area contributed by atoms with Crippen LogP contribution < -0.4 is 9.80 Å². The first-order valence-corrected chi connectivity index (χ1v) is 8.96. The molecule has 0 bridgehead atoms. The van der Waals surface area contributed by atoms with Crippen LogP contribution in [0.3, 0.4) is 0 Å². The Morgan fingerprint density at radius 2 is 1.81 bits per heavy atom. The number of nitro groups is 1. The quantitative estimate of drug-likeness (QED) is 0.521. The molecule has 0 radical (unpaired) electrons. The highest BCUT2D eigenvalue weighted by molar-refractivity contribution is 5.94. The Bertz CT molecular complexity index is 976. The van der Waals surface area contributed by atoms with E-state index in [9.17, 15) is 10.1 Å². The lowest BCUT2D eigenvalue weighted by Crippen LogP contribution is -2.31. The first-order valence-electron chi connectivity index (χ1n) is 8.96. The van der Waals surface area contributed by atoms with E-state index < -0.39 is 0 Å². The predicted molar refractivity (Wildman–Crippen MR) is 104 cm³/mol. The summed E-state index contributed by atoms with van der Waals surface area (Å²) in [7, 11) is 0. The first kappa shape index (κ1) is 17.1. The molecule has 3 heterocycles. The molecule has 4 rings (SSSR count). The van der Waals surface area contributed by atoms with Gasteiger partial charge in [0, 0.05) is 32.4 Å². The third kappa shape index (κ3) is 3.38. The molecule has 1 aromatic carbocycles. The maximum Gasteiger partial charge on any atom is 0.301 e. The highest BCUT2D eigenvalue weighted by atomic mass is 16.6. The Morgan fingerprint density at radius 1 is 1.00 bits per heavy atom. The average Bonchev–Trinajstić information content (AvgIpc) is 2.93. The Hall–Kier alpha value is -3.29. The molecule has 8 heteroatoms. The molecule has 1 aliphatic rings.